The van der Waals surface area contributed by atoms with Gasteiger partial charge in [-0.3, -0.25) is 4.79 Å². The minimum atomic E-state index is -4.98. The lowest BCUT2D eigenvalue weighted by atomic mass is 10.1. The van der Waals surface area contributed by atoms with Crippen LogP contribution in [0.4, 0.5) is 17.6 Å². The second-order valence-electron chi connectivity index (χ2n) is 3.53. The van der Waals surface area contributed by atoms with Gasteiger partial charge >= 0.3 is 12.3 Å². The smallest absolute Gasteiger partial charge is 0.466 e. The first-order valence-electron chi connectivity index (χ1n) is 5.42. The van der Waals surface area contributed by atoms with Crippen molar-refractivity contribution in [3.8, 4) is 5.88 Å². The highest BCUT2D eigenvalue weighted by atomic mass is 127. The maximum absolute atomic E-state index is 13.0. The molecule has 0 amide bonds. The van der Waals surface area contributed by atoms with Gasteiger partial charge in [0.1, 0.15) is 6.67 Å². The Bertz CT molecular complexity index is 493. The van der Waals surface area contributed by atoms with E-state index in [1.165, 1.54) is 0 Å². The van der Waals surface area contributed by atoms with E-state index in [0.717, 1.165) is 6.20 Å². The lowest BCUT2D eigenvalue weighted by Gasteiger charge is -2.14. The van der Waals surface area contributed by atoms with Crippen LogP contribution in [0, 0.1) is 3.57 Å². The SMILES string of the molecule is CCOC(=O)Cc1c(I)cnc(OC(F)(F)F)c1CF. The second-order valence-corrected chi connectivity index (χ2v) is 4.69. The number of carbonyl (C=O) groups excluding carboxylic acids is 1. The number of pyridine rings is 1. The number of nitrogens with zero attached hydrogens (tertiary/aromatic N) is 1. The third kappa shape index (κ3) is 4.76. The van der Waals surface area contributed by atoms with Crippen LogP contribution in [0.2, 0.25) is 0 Å². The maximum atomic E-state index is 13.0. The van der Waals surface area contributed by atoms with Crippen LogP contribution in [0.5, 0.6) is 5.88 Å². The van der Waals surface area contributed by atoms with Crippen LogP contribution in [0.1, 0.15) is 18.1 Å². The minimum Gasteiger partial charge on any atom is -0.466 e. The average molecular weight is 407 g/mol. The molecule has 0 N–H and O–H groups in total. The maximum Gasteiger partial charge on any atom is 0.574 e. The molecule has 0 radical (unpaired) electrons. The van der Waals surface area contributed by atoms with E-state index in [-0.39, 0.29) is 18.6 Å². The Morgan fingerprint density at radius 3 is 2.55 bits per heavy atom. The summed E-state index contributed by atoms with van der Waals surface area (Å²) in [6.07, 6.45) is -4.25. The van der Waals surface area contributed by atoms with Gasteiger partial charge in [0.25, 0.3) is 0 Å². The Labute approximate surface area is 125 Å². The average Bonchev–Trinajstić information content (AvgIpc) is 2.32. The molecule has 9 heteroatoms. The molecule has 0 aromatic carbocycles. The number of ether oxygens (including phenoxy) is 2. The molecule has 0 spiro atoms. The number of hydrogen-bond acceptors (Lipinski definition) is 4. The normalized spacial score (nSPS) is 11.3. The van der Waals surface area contributed by atoms with E-state index >= 15 is 0 Å². The van der Waals surface area contributed by atoms with E-state index in [2.05, 4.69) is 9.72 Å². The van der Waals surface area contributed by atoms with Crippen molar-refractivity contribution in [1.82, 2.24) is 4.98 Å². The van der Waals surface area contributed by atoms with E-state index in [0.29, 0.717) is 3.57 Å². The summed E-state index contributed by atoms with van der Waals surface area (Å²) in [5, 5.41) is 0. The molecule has 0 aliphatic rings. The summed E-state index contributed by atoms with van der Waals surface area (Å²) in [5.74, 6) is -1.55. The van der Waals surface area contributed by atoms with Gasteiger partial charge in [-0.05, 0) is 35.1 Å². The Morgan fingerprint density at radius 2 is 2.05 bits per heavy atom. The third-order valence-electron chi connectivity index (χ3n) is 2.18. The third-order valence-corrected chi connectivity index (χ3v) is 3.11. The molecule has 1 heterocycles. The standard InChI is InChI=1S/C11H10F4INO3/c1-2-19-9(18)3-6-7(4-12)10(17-5-8(6)16)20-11(13,14)15/h5H,2-4H2,1H3. The number of aromatic nitrogens is 1. The van der Waals surface area contributed by atoms with Crippen LogP contribution in [0.25, 0.3) is 0 Å². The van der Waals surface area contributed by atoms with E-state index in [1.54, 1.807) is 29.5 Å². The zero-order chi connectivity index (χ0) is 15.3. The predicted molar refractivity (Wildman–Crippen MR) is 68.8 cm³/mol. The number of esters is 1. The summed E-state index contributed by atoms with van der Waals surface area (Å²) in [4.78, 5) is 14.8. The van der Waals surface area contributed by atoms with Gasteiger partial charge in [0.15, 0.2) is 0 Å². The van der Waals surface area contributed by atoms with Crippen molar-refractivity contribution in [2.24, 2.45) is 0 Å². The largest absolute Gasteiger partial charge is 0.574 e. The highest BCUT2D eigenvalue weighted by Crippen LogP contribution is 2.30. The molecule has 0 unspecified atom stereocenters. The Kier molecular flexibility index (Phi) is 5.96. The molecular formula is C11H10F4INO3. The van der Waals surface area contributed by atoms with Gasteiger partial charge in [-0.2, -0.15) is 0 Å². The molecule has 0 bridgehead atoms. The zero-order valence-corrected chi connectivity index (χ0v) is 12.4. The molecule has 112 valence electrons. The van der Waals surface area contributed by atoms with Gasteiger partial charge in [0, 0.05) is 9.77 Å². The second kappa shape index (κ2) is 7.04. The first kappa shape index (κ1) is 16.9. The molecule has 0 saturated carbocycles. The topological polar surface area (TPSA) is 48.4 Å². The molecule has 4 nitrogen and oxygen atoms in total. The number of alkyl halides is 4. The van der Waals surface area contributed by atoms with Gasteiger partial charge in [-0.15, -0.1) is 13.2 Å². The number of carbonyl (C=O) groups is 1. The zero-order valence-electron chi connectivity index (χ0n) is 10.3. The number of rotatable bonds is 5. The fraction of sp³-hybridized carbons (Fsp3) is 0.455. The summed E-state index contributed by atoms with van der Waals surface area (Å²) in [6.45, 7) is 0.477. The van der Waals surface area contributed by atoms with Crippen LogP contribution in [0.3, 0.4) is 0 Å². The van der Waals surface area contributed by atoms with E-state index in [1.807, 2.05) is 0 Å². The Balaban J connectivity index is 3.14. The van der Waals surface area contributed by atoms with Crippen molar-refractivity contribution in [3.63, 3.8) is 0 Å². The van der Waals surface area contributed by atoms with E-state index in [4.69, 9.17) is 4.74 Å². The first-order chi connectivity index (χ1) is 9.28. The van der Waals surface area contributed by atoms with Crippen molar-refractivity contribution in [2.45, 2.75) is 26.4 Å². The van der Waals surface area contributed by atoms with Crippen LogP contribution in [-0.4, -0.2) is 23.9 Å². The van der Waals surface area contributed by atoms with Crippen molar-refractivity contribution in [3.05, 3.63) is 20.9 Å². The fourth-order valence-electron chi connectivity index (χ4n) is 1.43. The van der Waals surface area contributed by atoms with Crippen molar-refractivity contribution >= 4 is 28.6 Å². The van der Waals surface area contributed by atoms with Gasteiger partial charge in [-0.1, -0.05) is 0 Å². The first-order valence-corrected chi connectivity index (χ1v) is 6.50. The lowest BCUT2D eigenvalue weighted by molar-refractivity contribution is -0.276. The molecule has 0 aliphatic carbocycles. The monoisotopic (exact) mass is 407 g/mol. The van der Waals surface area contributed by atoms with Gasteiger partial charge in [0.05, 0.1) is 18.6 Å². The van der Waals surface area contributed by atoms with Crippen molar-refractivity contribution in [1.29, 1.82) is 0 Å². The van der Waals surface area contributed by atoms with E-state index in [9.17, 15) is 22.4 Å². The van der Waals surface area contributed by atoms with Gasteiger partial charge in [-0.25, -0.2) is 9.37 Å². The Hall–Kier alpha value is -1.13. The summed E-state index contributed by atoms with van der Waals surface area (Å²) in [5.41, 5.74) is -0.317. The van der Waals surface area contributed by atoms with Gasteiger partial charge in [0.2, 0.25) is 5.88 Å². The van der Waals surface area contributed by atoms with Crippen LogP contribution >= 0.6 is 22.6 Å². The molecule has 1 aromatic rings. The molecule has 1 aromatic heterocycles. The predicted octanol–water partition coefficient (Wildman–Crippen LogP) is 3.16. The number of halogens is 5. The van der Waals surface area contributed by atoms with Crippen molar-refractivity contribution < 1.29 is 31.8 Å². The highest BCUT2D eigenvalue weighted by Gasteiger charge is 2.34. The molecular weight excluding hydrogens is 397 g/mol. The highest BCUT2D eigenvalue weighted by molar-refractivity contribution is 14.1. The molecule has 0 saturated heterocycles. The quantitative estimate of drug-likeness (QED) is 0.428. The summed E-state index contributed by atoms with van der Waals surface area (Å²) in [6, 6.07) is 0. The summed E-state index contributed by atoms with van der Waals surface area (Å²) in [7, 11) is 0. The molecule has 0 atom stereocenters. The fourth-order valence-corrected chi connectivity index (χ4v) is 2.08. The Morgan fingerprint density at radius 1 is 1.40 bits per heavy atom. The van der Waals surface area contributed by atoms with Crippen molar-refractivity contribution in [2.75, 3.05) is 6.61 Å². The van der Waals surface area contributed by atoms with Gasteiger partial charge < -0.3 is 9.47 Å². The minimum absolute atomic E-state index is 0.0841. The van der Waals surface area contributed by atoms with Crippen LogP contribution in [-0.2, 0) is 22.6 Å². The molecule has 0 aliphatic heterocycles. The number of hydrogen-bond donors (Lipinski definition) is 0. The molecule has 20 heavy (non-hydrogen) atoms. The molecule has 0 fully saturated rings. The van der Waals surface area contributed by atoms with Crippen LogP contribution < -0.4 is 4.74 Å². The molecule has 1 rings (SSSR count). The van der Waals surface area contributed by atoms with Crippen LogP contribution in [0.15, 0.2) is 6.20 Å². The summed E-state index contributed by atoms with van der Waals surface area (Å²) < 4.78 is 58.3. The lowest BCUT2D eigenvalue weighted by Crippen LogP contribution is -2.20. The van der Waals surface area contributed by atoms with E-state index < -0.39 is 30.4 Å². The summed E-state index contributed by atoms with van der Waals surface area (Å²) >= 11 is 1.75.